The Hall–Kier alpha value is -1.68. The van der Waals surface area contributed by atoms with E-state index >= 15 is 0 Å². The van der Waals surface area contributed by atoms with Crippen molar-refractivity contribution >= 4 is 11.8 Å². The number of likely N-dealkylation sites (N-methyl/N-ethyl adjacent to an activating group) is 1. The first kappa shape index (κ1) is 14.4. The molecule has 4 nitrogen and oxygen atoms in total. The van der Waals surface area contributed by atoms with Crippen molar-refractivity contribution in [2.45, 2.75) is 13.3 Å². The summed E-state index contributed by atoms with van der Waals surface area (Å²) in [7, 11) is 3.83. The number of esters is 1. The maximum atomic E-state index is 11.7. The van der Waals surface area contributed by atoms with Crippen molar-refractivity contribution in [3.63, 3.8) is 0 Å². The smallest absolute Gasteiger partial charge is 0.338 e. The Morgan fingerprint density at radius 3 is 2.17 bits per heavy atom. The molecule has 0 amide bonds. The summed E-state index contributed by atoms with van der Waals surface area (Å²) in [5, 5.41) is 0. The molecule has 0 aromatic heterocycles. The quantitative estimate of drug-likeness (QED) is 0.571. The molecule has 4 heteroatoms. The Labute approximate surface area is 108 Å². The first-order valence-corrected chi connectivity index (χ1v) is 5.99. The molecule has 98 valence electrons. The lowest BCUT2D eigenvalue weighted by Gasteiger charge is -2.10. The number of hydrogen-bond donors (Lipinski definition) is 0. The van der Waals surface area contributed by atoms with Gasteiger partial charge in [-0.2, -0.15) is 0 Å². The van der Waals surface area contributed by atoms with E-state index in [-0.39, 0.29) is 11.8 Å². The van der Waals surface area contributed by atoms with Crippen LogP contribution in [0.15, 0.2) is 24.3 Å². The number of carbonyl (C=O) groups excluding carboxylic acids is 2. The predicted molar refractivity (Wildman–Crippen MR) is 69.9 cm³/mol. The molecule has 0 radical (unpaired) electrons. The van der Waals surface area contributed by atoms with Gasteiger partial charge >= 0.3 is 5.97 Å². The van der Waals surface area contributed by atoms with Crippen LogP contribution in [0.1, 0.15) is 34.1 Å². The van der Waals surface area contributed by atoms with E-state index in [1.54, 1.807) is 24.3 Å². The Bertz CT molecular complexity index is 410. The molecule has 18 heavy (non-hydrogen) atoms. The van der Waals surface area contributed by atoms with Gasteiger partial charge in [-0.05, 0) is 26.2 Å². The molecule has 0 spiro atoms. The Balaban J connectivity index is 2.56. The number of hydrogen-bond acceptors (Lipinski definition) is 4. The number of rotatable bonds is 6. The lowest BCUT2D eigenvalue weighted by Crippen LogP contribution is -2.20. The van der Waals surface area contributed by atoms with Gasteiger partial charge < -0.3 is 9.64 Å². The van der Waals surface area contributed by atoms with Crippen LogP contribution in [0.25, 0.3) is 0 Å². The molecule has 1 aromatic carbocycles. The molecule has 0 N–H and O–H groups in total. The second-order valence-electron chi connectivity index (χ2n) is 4.29. The topological polar surface area (TPSA) is 46.6 Å². The number of benzene rings is 1. The standard InChI is InChI=1S/C14H19NO3/c1-4-13(16)11-5-7-12(8-6-11)14(17)18-10-9-15(2)3/h5-8H,4,9-10H2,1-3H3. The Morgan fingerprint density at radius 1 is 1.11 bits per heavy atom. The lowest BCUT2D eigenvalue weighted by atomic mass is 10.1. The SMILES string of the molecule is CCC(=O)c1ccc(C(=O)OCCN(C)C)cc1. The molecule has 0 heterocycles. The molecule has 1 rings (SSSR count). The summed E-state index contributed by atoms with van der Waals surface area (Å²) in [6.45, 7) is 2.87. The van der Waals surface area contributed by atoms with E-state index < -0.39 is 0 Å². The maximum Gasteiger partial charge on any atom is 0.338 e. The van der Waals surface area contributed by atoms with Crippen molar-refractivity contribution < 1.29 is 14.3 Å². The van der Waals surface area contributed by atoms with Crippen molar-refractivity contribution in [2.24, 2.45) is 0 Å². The van der Waals surface area contributed by atoms with Gasteiger partial charge in [-0.15, -0.1) is 0 Å². The minimum Gasteiger partial charge on any atom is -0.461 e. The monoisotopic (exact) mass is 249 g/mol. The van der Waals surface area contributed by atoms with E-state index in [4.69, 9.17) is 4.74 Å². The molecule has 1 aromatic rings. The fraction of sp³-hybridized carbons (Fsp3) is 0.429. The van der Waals surface area contributed by atoms with Gasteiger partial charge in [-0.3, -0.25) is 4.79 Å². The van der Waals surface area contributed by atoms with Crippen molar-refractivity contribution in [2.75, 3.05) is 27.2 Å². The average Bonchev–Trinajstić information content (AvgIpc) is 2.37. The minimum atomic E-state index is -0.354. The molecule has 0 aliphatic carbocycles. The third-order valence-corrected chi connectivity index (χ3v) is 2.54. The summed E-state index contributed by atoms with van der Waals surface area (Å²) in [6, 6.07) is 6.57. The van der Waals surface area contributed by atoms with Gasteiger partial charge in [0.15, 0.2) is 5.78 Å². The summed E-state index contributed by atoms with van der Waals surface area (Å²) < 4.78 is 5.10. The third-order valence-electron chi connectivity index (χ3n) is 2.54. The summed E-state index contributed by atoms with van der Waals surface area (Å²) in [5.74, 6) is -0.283. The molecule has 0 bridgehead atoms. The van der Waals surface area contributed by atoms with Gasteiger partial charge in [0.25, 0.3) is 0 Å². The van der Waals surface area contributed by atoms with Crippen LogP contribution in [0, 0.1) is 0 Å². The molecule has 0 saturated heterocycles. The highest BCUT2D eigenvalue weighted by molar-refractivity contribution is 5.97. The largest absolute Gasteiger partial charge is 0.461 e. The van der Waals surface area contributed by atoms with Gasteiger partial charge in [0.05, 0.1) is 5.56 Å². The van der Waals surface area contributed by atoms with Crippen molar-refractivity contribution in [3.8, 4) is 0 Å². The zero-order chi connectivity index (χ0) is 13.5. The third kappa shape index (κ3) is 4.30. The van der Waals surface area contributed by atoms with E-state index in [1.165, 1.54) is 0 Å². The highest BCUT2D eigenvalue weighted by atomic mass is 16.5. The minimum absolute atomic E-state index is 0.0718. The first-order chi connectivity index (χ1) is 8.54. The summed E-state index contributed by atoms with van der Waals surface area (Å²) in [4.78, 5) is 25.0. The van der Waals surface area contributed by atoms with Gasteiger partial charge in [-0.1, -0.05) is 19.1 Å². The van der Waals surface area contributed by atoms with E-state index in [0.717, 1.165) is 0 Å². The molecular weight excluding hydrogens is 230 g/mol. The molecule has 0 fully saturated rings. The second kappa shape index (κ2) is 6.91. The fourth-order valence-electron chi connectivity index (χ4n) is 1.40. The summed E-state index contributed by atoms with van der Waals surface area (Å²) in [6.07, 6.45) is 0.465. The van der Waals surface area contributed by atoms with Gasteiger partial charge in [-0.25, -0.2) is 4.79 Å². The van der Waals surface area contributed by atoms with Crippen molar-refractivity contribution in [1.29, 1.82) is 0 Å². The number of ketones is 1. The average molecular weight is 249 g/mol. The lowest BCUT2D eigenvalue weighted by molar-refractivity contribution is 0.0481. The molecule has 0 atom stereocenters. The first-order valence-electron chi connectivity index (χ1n) is 5.99. The summed E-state index contributed by atoms with van der Waals surface area (Å²) >= 11 is 0. The number of Topliss-reactive ketones (excluding diaryl/α,β-unsaturated/α-hetero) is 1. The zero-order valence-electron chi connectivity index (χ0n) is 11.1. The number of carbonyl (C=O) groups is 2. The van der Waals surface area contributed by atoms with Crippen LogP contribution in [-0.4, -0.2) is 43.9 Å². The molecule has 0 saturated carbocycles. The van der Waals surface area contributed by atoms with Crippen LogP contribution in [-0.2, 0) is 4.74 Å². The van der Waals surface area contributed by atoms with Crippen LogP contribution in [0.2, 0.25) is 0 Å². The van der Waals surface area contributed by atoms with E-state index in [9.17, 15) is 9.59 Å². The Kier molecular flexibility index (Phi) is 5.52. The van der Waals surface area contributed by atoms with E-state index in [1.807, 2.05) is 25.9 Å². The van der Waals surface area contributed by atoms with Gasteiger partial charge in [0.1, 0.15) is 6.61 Å². The van der Waals surface area contributed by atoms with Crippen LogP contribution in [0.3, 0.4) is 0 Å². The van der Waals surface area contributed by atoms with E-state index in [2.05, 4.69) is 0 Å². The van der Waals surface area contributed by atoms with Crippen LogP contribution >= 0.6 is 0 Å². The van der Waals surface area contributed by atoms with Gasteiger partial charge in [0.2, 0.25) is 0 Å². The number of nitrogens with zero attached hydrogens (tertiary/aromatic N) is 1. The van der Waals surface area contributed by atoms with Crippen molar-refractivity contribution in [1.82, 2.24) is 4.90 Å². The van der Waals surface area contributed by atoms with Crippen LogP contribution in [0.5, 0.6) is 0 Å². The van der Waals surface area contributed by atoms with Crippen LogP contribution in [0.4, 0.5) is 0 Å². The highest BCUT2D eigenvalue weighted by Crippen LogP contribution is 2.08. The molecule has 0 aliphatic heterocycles. The Morgan fingerprint density at radius 2 is 1.67 bits per heavy atom. The number of ether oxygens (including phenoxy) is 1. The second-order valence-corrected chi connectivity index (χ2v) is 4.29. The molecular formula is C14H19NO3. The highest BCUT2D eigenvalue weighted by Gasteiger charge is 2.08. The van der Waals surface area contributed by atoms with Crippen molar-refractivity contribution in [3.05, 3.63) is 35.4 Å². The molecule has 0 unspecified atom stereocenters. The normalized spacial score (nSPS) is 10.4. The van der Waals surface area contributed by atoms with Crippen LogP contribution < -0.4 is 0 Å². The van der Waals surface area contributed by atoms with Gasteiger partial charge in [0, 0.05) is 18.5 Å². The maximum absolute atomic E-state index is 11.7. The predicted octanol–water partition coefficient (Wildman–Crippen LogP) is 2.00. The fourth-order valence-corrected chi connectivity index (χ4v) is 1.40. The van der Waals surface area contributed by atoms with E-state index in [0.29, 0.717) is 30.7 Å². The summed E-state index contributed by atoms with van der Waals surface area (Å²) in [5.41, 5.74) is 1.10. The zero-order valence-corrected chi connectivity index (χ0v) is 11.1. The molecule has 0 aliphatic rings.